The maximum Gasteiger partial charge on any atom is 0.324 e. The molecule has 2 atom stereocenters. The lowest BCUT2D eigenvalue weighted by molar-refractivity contribution is -0.144. The van der Waals surface area contributed by atoms with Crippen LogP contribution in [0, 0.1) is 17.1 Å². The SMILES string of the molecule is COC(=O)[C@H]1C[C@@H](Oc2ccccc2F)CN1S(=O)(=O)c1ccccc1C#N. The second-order valence-electron chi connectivity index (χ2n) is 6.13. The lowest BCUT2D eigenvalue weighted by Gasteiger charge is -2.22. The molecule has 1 aliphatic rings. The Morgan fingerprint density at radius 1 is 1.21 bits per heavy atom. The standard InChI is InChI=1S/C19H17FN2O5S/c1-26-19(23)16-10-14(27-17-8-4-3-7-15(17)20)12-22(16)28(24,25)18-9-5-2-6-13(18)11-21/h2-9,14,16H,10,12H2,1H3/t14-,16-/m1/s1. The molecule has 2 aromatic carbocycles. The number of rotatable bonds is 5. The van der Waals surface area contributed by atoms with Crippen LogP contribution in [-0.2, 0) is 19.6 Å². The normalized spacial score (nSPS) is 19.8. The van der Waals surface area contributed by atoms with Gasteiger partial charge in [-0.1, -0.05) is 24.3 Å². The van der Waals surface area contributed by atoms with Crippen LogP contribution in [0.3, 0.4) is 0 Å². The van der Waals surface area contributed by atoms with Crippen molar-refractivity contribution in [1.29, 1.82) is 5.26 Å². The van der Waals surface area contributed by atoms with Gasteiger partial charge in [0.05, 0.1) is 24.1 Å². The number of halogens is 1. The molecule has 7 nitrogen and oxygen atoms in total. The smallest absolute Gasteiger partial charge is 0.324 e. The number of nitriles is 1. The van der Waals surface area contributed by atoms with E-state index in [0.29, 0.717) is 0 Å². The Morgan fingerprint density at radius 3 is 2.57 bits per heavy atom. The molecular formula is C19H17FN2O5S. The van der Waals surface area contributed by atoms with Gasteiger partial charge in [0.15, 0.2) is 11.6 Å². The van der Waals surface area contributed by atoms with E-state index in [0.717, 1.165) is 11.4 Å². The first-order chi connectivity index (χ1) is 13.4. The molecule has 0 radical (unpaired) electrons. The molecule has 1 aliphatic heterocycles. The molecule has 146 valence electrons. The predicted molar refractivity (Wildman–Crippen MR) is 96.3 cm³/mol. The summed E-state index contributed by atoms with van der Waals surface area (Å²) in [5.74, 6) is -1.38. The molecule has 2 aromatic rings. The molecule has 0 spiro atoms. The zero-order valence-electron chi connectivity index (χ0n) is 14.9. The Hall–Kier alpha value is -2.96. The number of sulfonamides is 1. The molecule has 0 N–H and O–H groups in total. The van der Waals surface area contributed by atoms with Crippen molar-refractivity contribution in [3.63, 3.8) is 0 Å². The summed E-state index contributed by atoms with van der Waals surface area (Å²) in [5, 5.41) is 9.23. The van der Waals surface area contributed by atoms with Crippen LogP contribution in [-0.4, -0.2) is 44.5 Å². The van der Waals surface area contributed by atoms with Crippen LogP contribution in [0.25, 0.3) is 0 Å². The fraction of sp³-hybridized carbons (Fsp3) is 0.263. The van der Waals surface area contributed by atoms with Gasteiger partial charge >= 0.3 is 5.97 Å². The van der Waals surface area contributed by atoms with Gasteiger partial charge in [-0.2, -0.15) is 9.57 Å². The van der Waals surface area contributed by atoms with Gasteiger partial charge in [-0.25, -0.2) is 12.8 Å². The largest absolute Gasteiger partial charge is 0.486 e. The van der Waals surface area contributed by atoms with Crippen LogP contribution in [0.5, 0.6) is 5.75 Å². The van der Waals surface area contributed by atoms with Crippen LogP contribution in [0.1, 0.15) is 12.0 Å². The van der Waals surface area contributed by atoms with Gasteiger partial charge in [0.25, 0.3) is 0 Å². The van der Waals surface area contributed by atoms with E-state index < -0.39 is 34.0 Å². The highest BCUT2D eigenvalue weighted by Gasteiger charge is 2.46. The third-order valence-corrected chi connectivity index (χ3v) is 6.35. The van der Waals surface area contributed by atoms with Crippen molar-refractivity contribution in [3.05, 3.63) is 59.9 Å². The molecule has 0 aliphatic carbocycles. The van der Waals surface area contributed by atoms with Crippen molar-refractivity contribution in [2.75, 3.05) is 13.7 Å². The topological polar surface area (TPSA) is 96.7 Å². The van der Waals surface area contributed by atoms with Gasteiger partial charge in [-0.05, 0) is 24.3 Å². The van der Waals surface area contributed by atoms with E-state index in [1.165, 1.54) is 36.4 Å². The Morgan fingerprint density at radius 2 is 1.89 bits per heavy atom. The monoisotopic (exact) mass is 404 g/mol. The minimum Gasteiger partial charge on any atom is -0.486 e. The lowest BCUT2D eigenvalue weighted by Crippen LogP contribution is -2.41. The number of nitrogens with zero attached hydrogens (tertiary/aromatic N) is 2. The summed E-state index contributed by atoms with van der Waals surface area (Å²) in [7, 11) is -3.03. The first kappa shape index (κ1) is 19.8. The maximum absolute atomic E-state index is 13.9. The first-order valence-electron chi connectivity index (χ1n) is 8.38. The van der Waals surface area contributed by atoms with Gasteiger partial charge in [0, 0.05) is 6.42 Å². The van der Waals surface area contributed by atoms with Gasteiger partial charge in [-0.15, -0.1) is 0 Å². The summed E-state index contributed by atoms with van der Waals surface area (Å²) in [5.41, 5.74) is -0.0374. The van der Waals surface area contributed by atoms with Crippen molar-refractivity contribution in [2.24, 2.45) is 0 Å². The van der Waals surface area contributed by atoms with Crippen LogP contribution in [0.15, 0.2) is 53.4 Å². The minimum absolute atomic E-state index is 0.00500. The number of benzene rings is 2. The van der Waals surface area contributed by atoms with E-state index in [-0.39, 0.29) is 29.2 Å². The van der Waals surface area contributed by atoms with Crippen molar-refractivity contribution in [1.82, 2.24) is 4.31 Å². The molecular weight excluding hydrogens is 387 g/mol. The highest BCUT2D eigenvalue weighted by atomic mass is 32.2. The molecule has 1 heterocycles. The maximum atomic E-state index is 13.9. The lowest BCUT2D eigenvalue weighted by atomic mass is 10.2. The summed E-state index contributed by atoms with van der Waals surface area (Å²) in [6, 6.07) is 12.1. The molecule has 28 heavy (non-hydrogen) atoms. The number of ether oxygens (including phenoxy) is 2. The molecule has 0 saturated carbocycles. The van der Waals surface area contributed by atoms with E-state index >= 15 is 0 Å². The zero-order chi connectivity index (χ0) is 20.3. The number of hydrogen-bond acceptors (Lipinski definition) is 6. The molecule has 0 bridgehead atoms. The van der Waals surface area contributed by atoms with E-state index in [1.807, 2.05) is 6.07 Å². The Labute approximate surface area is 162 Å². The predicted octanol–water partition coefficient (Wildman–Crippen LogP) is 2.08. The second-order valence-corrected chi connectivity index (χ2v) is 7.99. The summed E-state index contributed by atoms with van der Waals surface area (Å²) in [6.07, 6.45) is -0.764. The van der Waals surface area contributed by atoms with E-state index in [4.69, 9.17) is 9.47 Å². The quantitative estimate of drug-likeness (QED) is 0.708. The molecule has 0 unspecified atom stereocenters. The number of esters is 1. The molecule has 0 aromatic heterocycles. The van der Waals surface area contributed by atoms with Crippen LogP contribution < -0.4 is 4.74 Å². The van der Waals surface area contributed by atoms with Crippen molar-refractivity contribution in [3.8, 4) is 11.8 Å². The fourth-order valence-electron chi connectivity index (χ4n) is 3.10. The summed E-state index contributed by atoms with van der Waals surface area (Å²) in [6.45, 7) is -0.184. The Kier molecular flexibility index (Phi) is 5.63. The van der Waals surface area contributed by atoms with Crippen molar-refractivity contribution in [2.45, 2.75) is 23.5 Å². The molecule has 1 saturated heterocycles. The van der Waals surface area contributed by atoms with Gasteiger partial charge < -0.3 is 9.47 Å². The second kappa shape index (κ2) is 7.96. The highest BCUT2D eigenvalue weighted by Crippen LogP contribution is 2.31. The van der Waals surface area contributed by atoms with Crippen molar-refractivity contribution >= 4 is 16.0 Å². The van der Waals surface area contributed by atoms with Crippen LogP contribution in [0.2, 0.25) is 0 Å². The fourth-order valence-corrected chi connectivity index (χ4v) is 4.86. The van der Waals surface area contributed by atoms with Gasteiger partial charge in [0.1, 0.15) is 18.2 Å². The Balaban J connectivity index is 1.95. The number of para-hydroxylation sites is 1. The number of carbonyl (C=O) groups excluding carboxylic acids is 1. The third-order valence-electron chi connectivity index (χ3n) is 4.42. The van der Waals surface area contributed by atoms with Crippen molar-refractivity contribution < 1.29 is 27.1 Å². The Bertz CT molecular complexity index is 1030. The highest BCUT2D eigenvalue weighted by molar-refractivity contribution is 7.89. The summed E-state index contributed by atoms with van der Waals surface area (Å²) >= 11 is 0. The average Bonchev–Trinajstić information content (AvgIpc) is 3.14. The summed E-state index contributed by atoms with van der Waals surface area (Å²) < 4.78 is 51.4. The number of methoxy groups -OCH3 is 1. The minimum atomic E-state index is -4.18. The summed E-state index contributed by atoms with van der Waals surface area (Å²) in [4.78, 5) is 12.0. The van der Waals surface area contributed by atoms with Gasteiger partial charge in [-0.3, -0.25) is 4.79 Å². The molecule has 0 amide bonds. The zero-order valence-corrected chi connectivity index (χ0v) is 15.7. The van der Waals surface area contributed by atoms with Gasteiger partial charge in [0.2, 0.25) is 10.0 Å². The first-order valence-corrected chi connectivity index (χ1v) is 9.82. The van der Waals surface area contributed by atoms with Crippen LogP contribution >= 0.6 is 0 Å². The van der Waals surface area contributed by atoms with E-state index in [9.17, 15) is 22.9 Å². The third kappa shape index (κ3) is 3.69. The number of carbonyl (C=O) groups is 1. The van der Waals surface area contributed by atoms with E-state index in [2.05, 4.69) is 0 Å². The van der Waals surface area contributed by atoms with E-state index in [1.54, 1.807) is 12.1 Å². The molecule has 3 rings (SSSR count). The number of hydrogen-bond donors (Lipinski definition) is 0. The molecule has 9 heteroatoms. The van der Waals surface area contributed by atoms with Crippen LogP contribution in [0.4, 0.5) is 4.39 Å². The molecule has 1 fully saturated rings. The average molecular weight is 404 g/mol.